The summed E-state index contributed by atoms with van der Waals surface area (Å²) < 4.78 is 1.85. The van der Waals surface area contributed by atoms with Gasteiger partial charge in [-0.3, -0.25) is 9.36 Å². The van der Waals surface area contributed by atoms with Crippen molar-refractivity contribution in [3.8, 4) is 0 Å². The van der Waals surface area contributed by atoms with Crippen LogP contribution in [0.25, 0.3) is 22.6 Å². The first-order valence-electron chi connectivity index (χ1n) is 8.08. The maximum Gasteiger partial charge on any atom is 0.261 e. The summed E-state index contributed by atoms with van der Waals surface area (Å²) in [6, 6.07) is 17.9. The van der Waals surface area contributed by atoms with Gasteiger partial charge < -0.3 is 0 Å². The van der Waals surface area contributed by atoms with Gasteiger partial charge in [0.05, 0.1) is 10.9 Å². The number of benzene rings is 2. The SMILES string of the molecule is O=c1c2ccccc2nc2n1CCCC/C2=C\c1ccccc1. The van der Waals surface area contributed by atoms with Crippen LogP contribution in [0.3, 0.4) is 0 Å². The van der Waals surface area contributed by atoms with E-state index in [1.807, 2.05) is 47.0 Å². The first-order valence-corrected chi connectivity index (χ1v) is 8.08. The molecule has 0 saturated heterocycles. The van der Waals surface area contributed by atoms with Gasteiger partial charge in [-0.1, -0.05) is 42.5 Å². The summed E-state index contributed by atoms with van der Waals surface area (Å²) in [7, 11) is 0. The monoisotopic (exact) mass is 302 g/mol. The molecule has 0 amide bonds. The lowest BCUT2D eigenvalue weighted by atomic mass is 10.1. The number of hydrogen-bond donors (Lipinski definition) is 0. The van der Waals surface area contributed by atoms with Gasteiger partial charge in [0.15, 0.2) is 0 Å². The molecule has 23 heavy (non-hydrogen) atoms. The Kier molecular flexibility index (Phi) is 3.54. The standard InChI is InChI=1S/C20H18N2O/c23-20-17-11-4-5-12-18(17)21-19-16(10-6-7-13-22(19)20)14-15-8-2-1-3-9-15/h1-5,8-9,11-12,14H,6-7,10,13H2/b16-14+. The second kappa shape index (κ2) is 5.84. The lowest BCUT2D eigenvalue weighted by Crippen LogP contribution is -2.24. The summed E-state index contributed by atoms with van der Waals surface area (Å²) >= 11 is 0. The third kappa shape index (κ3) is 2.59. The molecule has 1 aliphatic rings. The van der Waals surface area contributed by atoms with Crippen LogP contribution in [0.1, 0.15) is 30.7 Å². The van der Waals surface area contributed by atoms with Crippen LogP contribution < -0.4 is 5.56 Å². The third-order valence-corrected chi connectivity index (χ3v) is 4.37. The van der Waals surface area contributed by atoms with Crippen LogP contribution in [0.4, 0.5) is 0 Å². The molecule has 1 aliphatic heterocycles. The largest absolute Gasteiger partial charge is 0.292 e. The van der Waals surface area contributed by atoms with Crippen LogP contribution in [0.15, 0.2) is 59.4 Å². The van der Waals surface area contributed by atoms with E-state index < -0.39 is 0 Å². The molecule has 0 unspecified atom stereocenters. The zero-order chi connectivity index (χ0) is 15.6. The van der Waals surface area contributed by atoms with E-state index in [4.69, 9.17) is 4.98 Å². The Labute approximate surface area is 134 Å². The third-order valence-electron chi connectivity index (χ3n) is 4.37. The van der Waals surface area contributed by atoms with Crippen molar-refractivity contribution in [3.05, 3.63) is 76.3 Å². The van der Waals surface area contributed by atoms with Gasteiger partial charge in [0.2, 0.25) is 0 Å². The summed E-state index contributed by atoms with van der Waals surface area (Å²) in [4.78, 5) is 17.6. The highest BCUT2D eigenvalue weighted by Crippen LogP contribution is 2.26. The molecule has 0 radical (unpaired) electrons. The van der Waals surface area contributed by atoms with Crippen molar-refractivity contribution in [3.63, 3.8) is 0 Å². The molecule has 4 rings (SSSR count). The smallest absolute Gasteiger partial charge is 0.261 e. The molecular formula is C20H18N2O. The van der Waals surface area contributed by atoms with Gasteiger partial charge in [-0.25, -0.2) is 4.98 Å². The topological polar surface area (TPSA) is 34.9 Å². The Balaban J connectivity index is 1.96. The predicted molar refractivity (Wildman–Crippen MR) is 94.2 cm³/mol. The van der Waals surface area contributed by atoms with Crippen molar-refractivity contribution < 1.29 is 0 Å². The fourth-order valence-electron chi connectivity index (χ4n) is 3.20. The van der Waals surface area contributed by atoms with Crippen molar-refractivity contribution in [1.82, 2.24) is 9.55 Å². The zero-order valence-electron chi connectivity index (χ0n) is 12.9. The van der Waals surface area contributed by atoms with Crippen LogP contribution in [0.2, 0.25) is 0 Å². The van der Waals surface area contributed by atoms with E-state index in [1.165, 1.54) is 0 Å². The van der Waals surface area contributed by atoms with Crippen LogP contribution in [-0.4, -0.2) is 9.55 Å². The van der Waals surface area contributed by atoms with Crippen molar-refractivity contribution in [2.45, 2.75) is 25.8 Å². The van der Waals surface area contributed by atoms with E-state index in [-0.39, 0.29) is 5.56 Å². The minimum atomic E-state index is 0.0754. The second-order valence-electron chi connectivity index (χ2n) is 5.95. The number of rotatable bonds is 1. The molecule has 3 heteroatoms. The van der Waals surface area contributed by atoms with Crippen LogP contribution in [-0.2, 0) is 6.54 Å². The normalized spacial score (nSPS) is 16.3. The Morgan fingerprint density at radius 3 is 2.61 bits per heavy atom. The first kappa shape index (κ1) is 13.9. The predicted octanol–water partition coefficient (Wildman–Crippen LogP) is 4.12. The van der Waals surface area contributed by atoms with E-state index in [9.17, 15) is 4.79 Å². The van der Waals surface area contributed by atoms with Crippen molar-refractivity contribution in [1.29, 1.82) is 0 Å². The molecule has 1 aromatic heterocycles. The van der Waals surface area contributed by atoms with E-state index >= 15 is 0 Å². The fourth-order valence-corrected chi connectivity index (χ4v) is 3.20. The van der Waals surface area contributed by atoms with Gasteiger partial charge >= 0.3 is 0 Å². The van der Waals surface area contributed by atoms with Crippen LogP contribution in [0.5, 0.6) is 0 Å². The number of fused-ring (bicyclic) bond motifs is 2. The van der Waals surface area contributed by atoms with Gasteiger partial charge in [0, 0.05) is 6.54 Å². The molecule has 0 bridgehead atoms. The van der Waals surface area contributed by atoms with Gasteiger partial charge in [-0.15, -0.1) is 0 Å². The summed E-state index contributed by atoms with van der Waals surface area (Å²) in [6.45, 7) is 0.748. The number of para-hydroxylation sites is 1. The van der Waals surface area contributed by atoms with Crippen molar-refractivity contribution in [2.75, 3.05) is 0 Å². The molecule has 114 valence electrons. The van der Waals surface area contributed by atoms with Gasteiger partial charge in [0.1, 0.15) is 5.82 Å². The average molecular weight is 302 g/mol. The molecule has 3 nitrogen and oxygen atoms in total. The summed E-state index contributed by atoms with van der Waals surface area (Å²) in [5, 5.41) is 0.706. The first-order chi connectivity index (χ1) is 11.3. The van der Waals surface area contributed by atoms with Crippen LogP contribution >= 0.6 is 0 Å². The van der Waals surface area contributed by atoms with Gasteiger partial charge in [-0.2, -0.15) is 0 Å². The molecule has 0 saturated carbocycles. The lowest BCUT2D eigenvalue weighted by Gasteiger charge is -2.12. The molecule has 0 aliphatic carbocycles. The highest BCUT2D eigenvalue weighted by molar-refractivity contribution is 5.83. The van der Waals surface area contributed by atoms with Crippen LogP contribution in [0, 0.1) is 0 Å². The Morgan fingerprint density at radius 1 is 0.957 bits per heavy atom. The summed E-state index contributed by atoms with van der Waals surface area (Å²) in [6.07, 6.45) is 5.22. The number of allylic oxidation sites excluding steroid dienone is 1. The van der Waals surface area contributed by atoms with Gasteiger partial charge in [0.25, 0.3) is 5.56 Å². The molecule has 2 heterocycles. The van der Waals surface area contributed by atoms with Gasteiger partial charge in [-0.05, 0) is 48.6 Å². The maximum absolute atomic E-state index is 12.8. The highest BCUT2D eigenvalue weighted by atomic mass is 16.1. The van der Waals surface area contributed by atoms with Crippen molar-refractivity contribution in [2.24, 2.45) is 0 Å². The molecule has 0 N–H and O–H groups in total. The maximum atomic E-state index is 12.8. The molecule has 0 fully saturated rings. The number of aromatic nitrogens is 2. The fraction of sp³-hybridized carbons (Fsp3) is 0.200. The molecule has 3 aromatic rings. The summed E-state index contributed by atoms with van der Waals surface area (Å²) in [5.74, 6) is 0.829. The summed E-state index contributed by atoms with van der Waals surface area (Å²) in [5.41, 5.74) is 3.16. The Hall–Kier alpha value is -2.68. The lowest BCUT2D eigenvalue weighted by molar-refractivity contribution is 0.614. The highest BCUT2D eigenvalue weighted by Gasteiger charge is 2.17. The second-order valence-corrected chi connectivity index (χ2v) is 5.95. The van der Waals surface area contributed by atoms with E-state index in [0.717, 1.165) is 48.3 Å². The molecule has 2 aromatic carbocycles. The molecule has 0 spiro atoms. The average Bonchev–Trinajstić information content (AvgIpc) is 2.79. The Bertz CT molecular complexity index is 939. The number of nitrogens with zero attached hydrogens (tertiary/aromatic N) is 2. The number of hydrogen-bond acceptors (Lipinski definition) is 2. The zero-order valence-corrected chi connectivity index (χ0v) is 12.9. The van der Waals surface area contributed by atoms with E-state index in [0.29, 0.717) is 5.39 Å². The van der Waals surface area contributed by atoms with E-state index in [2.05, 4.69) is 18.2 Å². The quantitative estimate of drug-likeness (QED) is 0.677. The minimum Gasteiger partial charge on any atom is -0.292 e. The minimum absolute atomic E-state index is 0.0754. The molecular weight excluding hydrogens is 284 g/mol. The van der Waals surface area contributed by atoms with E-state index in [1.54, 1.807) is 0 Å². The Morgan fingerprint density at radius 2 is 1.74 bits per heavy atom. The van der Waals surface area contributed by atoms with Crippen molar-refractivity contribution >= 4 is 22.6 Å². The molecule has 0 atom stereocenters.